The molecule has 0 saturated heterocycles. The summed E-state index contributed by atoms with van der Waals surface area (Å²) in [5, 5.41) is 1.89. The second-order valence-corrected chi connectivity index (χ2v) is 9.28. The third kappa shape index (κ3) is 2.66. The average Bonchev–Trinajstić information content (AvgIpc) is 2.67. The first-order chi connectivity index (χ1) is 12.5. The quantitative estimate of drug-likeness (QED) is 0.347. The zero-order chi connectivity index (χ0) is 18.6. The van der Waals surface area contributed by atoms with Gasteiger partial charge in [0.2, 0.25) is 0 Å². The molecule has 0 aliphatic heterocycles. The van der Waals surface area contributed by atoms with E-state index in [4.69, 9.17) is 0 Å². The maximum absolute atomic E-state index is 3.75. The first kappa shape index (κ1) is 18.7. The fraction of sp³-hybridized carbons (Fsp3) is 0.500. The Morgan fingerprint density at radius 3 is 1.23 bits per heavy atom. The van der Waals surface area contributed by atoms with Crippen LogP contribution in [0, 0.1) is 27.7 Å². The van der Waals surface area contributed by atoms with Gasteiger partial charge in [-0.25, -0.2) is 0 Å². The fourth-order valence-corrected chi connectivity index (χ4v) is 7.01. The van der Waals surface area contributed by atoms with Gasteiger partial charge in [0, 0.05) is 10.7 Å². The van der Waals surface area contributed by atoms with E-state index in [0.29, 0.717) is 0 Å². The van der Waals surface area contributed by atoms with Gasteiger partial charge in [-0.05, 0) is 133 Å². The summed E-state index contributed by atoms with van der Waals surface area (Å²) >= 11 is 7.50. The van der Waals surface area contributed by atoms with Crippen LogP contribution in [0.25, 0.3) is 0 Å². The molecule has 0 atom stereocenters. The van der Waals surface area contributed by atoms with E-state index < -0.39 is 0 Å². The van der Waals surface area contributed by atoms with E-state index in [0.717, 1.165) is 23.5 Å². The van der Waals surface area contributed by atoms with Crippen LogP contribution in [0.15, 0.2) is 0 Å². The molecular formula is C24H28Br2. The predicted molar refractivity (Wildman–Crippen MR) is 119 cm³/mol. The minimum absolute atomic E-state index is 0.947. The monoisotopic (exact) mass is 474 g/mol. The average molecular weight is 476 g/mol. The Balaban J connectivity index is 1.96. The zero-order valence-corrected chi connectivity index (χ0v) is 19.6. The van der Waals surface area contributed by atoms with Gasteiger partial charge in [0.05, 0.1) is 0 Å². The summed E-state index contributed by atoms with van der Waals surface area (Å²) in [7, 11) is 0. The van der Waals surface area contributed by atoms with Gasteiger partial charge >= 0.3 is 0 Å². The van der Waals surface area contributed by atoms with Gasteiger partial charge in [0.15, 0.2) is 0 Å². The fourth-order valence-electron chi connectivity index (χ4n) is 5.49. The van der Waals surface area contributed by atoms with E-state index in [-0.39, 0.29) is 0 Å². The van der Waals surface area contributed by atoms with E-state index in [1.165, 1.54) is 47.9 Å². The van der Waals surface area contributed by atoms with Crippen LogP contribution >= 0.6 is 31.9 Å². The van der Waals surface area contributed by atoms with E-state index in [1.807, 2.05) is 0 Å². The van der Waals surface area contributed by atoms with Crippen LogP contribution in [0.2, 0.25) is 0 Å². The van der Waals surface area contributed by atoms with E-state index in [1.54, 1.807) is 44.5 Å². The number of hydrogen-bond donors (Lipinski definition) is 0. The number of fused-ring (bicyclic) bond motifs is 3. The van der Waals surface area contributed by atoms with Crippen molar-refractivity contribution >= 4 is 31.9 Å². The number of rotatable bonds is 2. The molecule has 0 N–H and O–H groups in total. The third-order valence-corrected chi connectivity index (χ3v) is 8.28. The molecule has 0 spiro atoms. The number of benzene rings is 2. The van der Waals surface area contributed by atoms with Gasteiger partial charge in [-0.15, -0.1) is 0 Å². The van der Waals surface area contributed by atoms with Gasteiger partial charge in [-0.1, -0.05) is 31.9 Å². The Labute approximate surface area is 175 Å². The molecule has 2 aliphatic rings. The topological polar surface area (TPSA) is 0 Å². The first-order valence-corrected chi connectivity index (χ1v) is 12.1. The van der Waals surface area contributed by atoms with Crippen molar-refractivity contribution in [2.75, 3.05) is 0 Å². The summed E-state index contributed by atoms with van der Waals surface area (Å²) in [6.07, 6.45) is 7.55. The van der Waals surface area contributed by atoms with Crippen LogP contribution in [0.1, 0.15) is 79.6 Å². The molecule has 0 unspecified atom stereocenters. The molecule has 0 amide bonds. The van der Waals surface area contributed by atoms with Crippen LogP contribution in [0.3, 0.4) is 0 Å². The smallest absolute Gasteiger partial charge is 0.0288 e. The van der Waals surface area contributed by atoms with Crippen molar-refractivity contribution in [2.45, 2.75) is 76.9 Å². The lowest BCUT2D eigenvalue weighted by atomic mass is 9.72. The Morgan fingerprint density at radius 1 is 0.538 bits per heavy atom. The highest BCUT2D eigenvalue weighted by atomic mass is 79.9. The van der Waals surface area contributed by atoms with Gasteiger partial charge in [0.25, 0.3) is 0 Å². The molecule has 0 radical (unpaired) electrons. The van der Waals surface area contributed by atoms with Crippen LogP contribution in [-0.2, 0) is 36.3 Å². The Morgan fingerprint density at radius 2 is 0.885 bits per heavy atom. The largest absolute Gasteiger partial charge is 0.0876 e. The summed E-state index contributed by atoms with van der Waals surface area (Å²) in [4.78, 5) is 0. The lowest BCUT2D eigenvalue weighted by Gasteiger charge is -2.33. The molecule has 0 heterocycles. The third-order valence-electron chi connectivity index (χ3n) is 7.16. The van der Waals surface area contributed by atoms with Crippen LogP contribution in [0.5, 0.6) is 0 Å². The molecule has 4 rings (SSSR count). The normalized spacial score (nSPS) is 15.5. The molecule has 0 bridgehead atoms. The van der Waals surface area contributed by atoms with Gasteiger partial charge < -0.3 is 0 Å². The van der Waals surface area contributed by atoms with Crippen molar-refractivity contribution in [3.05, 3.63) is 66.8 Å². The van der Waals surface area contributed by atoms with Crippen molar-refractivity contribution in [2.24, 2.45) is 0 Å². The van der Waals surface area contributed by atoms with Gasteiger partial charge in [0.1, 0.15) is 0 Å². The molecule has 0 nitrogen and oxygen atoms in total. The standard InChI is InChI=1S/C24H28Br2/c1-13-17-7-5-6-8-18(17)14(2)20-10-22-16(4)24(12-26)23(11-25)15(3)21(22)9-19(13)20/h5-12H2,1-4H3. The van der Waals surface area contributed by atoms with Crippen LogP contribution < -0.4 is 0 Å². The highest BCUT2D eigenvalue weighted by molar-refractivity contribution is 9.09. The minimum atomic E-state index is 0.947. The lowest BCUT2D eigenvalue weighted by Crippen LogP contribution is -2.20. The summed E-state index contributed by atoms with van der Waals surface area (Å²) in [5.41, 5.74) is 19.1. The molecule has 2 heteroatoms. The molecule has 2 aliphatic carbocycles. The highest BCUT2D eigenvalue weighted by Gasteiger charge is 2.28. The van der Waals surface area contributed by atoms with Crippen molar-refractivity contribution in [3.8, 4) is 0 Å². The van der Waals surface area contributed by atoms with Crippen molar-refractivity contribution in [3.63, 3.8) is 0 Å². The van der Waals surface area contributed by atoms with E-state index in [9.17, 15) is 0 Å². The van der Waals surface area contributed by atoms with Crippen molar-refractivity contribution in [1.82, 2.24) is 0 Å². The summed E-state index contributed by atoms with van der Waals surface area (Å²) in [5.74, 6) is 0. The molecule has 0 fully saturated rings. The zero-order valence-electron chi connectivity index (χ0n) is 16.4. The van der Waals surface area contributed by atoms with Crippen molar-refractivity contribution in [1.29, 1.82) is 0 Å². The number of hydrogen-bond acceptors (Lipinski definition) is 0. The summed E-state index contributed by atoms with van der Waals surface area (Å²) < 4.78 is 0. The minimum Gasteiger partial charge on any atom is -0.0876 e. The molecule has 0 aromatic heterocycles. The molecule has 26 heavy (non-hydrogen) atoms. The molecule has 2 aromatic rings. The van der Waals surface area contributed by atoms with Crippen LogP contribution in [-0.4, -0.2) is 0 Å². The van der Waals surface area contributed by atoms with Crippen molar-refractivity contribution < 1.29 is 0 Å². The second kappa shape index (κ2) is 7.09. The predicted octanol–water partition coefficient (Wildman–Crippen LogP) is 7.08. The second-order valence-electron chi connectivity index (χ2n) is 8.16. The molecule has 2 aromatic carbocycles. The SMILES string of the molecule is Cc1c(CBr)c(CBr)c(C)c2c1Cc1c(C)c3c(c(C)c1C2)CCCC3. The maximum atomic E-state index is 3.75. The number of alkyl halides is 2. The van der Waals surface area contributed by atoms with E-state index >= 15 is 0 Å². The molecule has 0 saturated carbocycles. The Kier molecular flexibility index (Phi) is 5.11. The molecular weight excluding hydrogens is 448 g/mol. The van der Waals surface area contributed by atoms with Gasteiger partial charge in [-0.3, -0.25) is 0 Å². The lowest BCUT2D eigenvalue weighted by molar-refractivity contribution is 0.673. The summed E-state index contributed by atoms with van der Waals surface area (Å²) in [6, 6.07) is 0. The Bertz CT molecular complexity index is 776. The Hall–Kier alpha value is -0.600. The number of halogens is 2. The maximum Gasteiger partial charge on any atom is 0.0288 e. The highest BCUT2D eigenvalue weighted by Crippen LogP contribution is 2.42. The first-order valence-electron chi connectivity index (χ1n) is 9.86. The summed E-state index contributed by atoms with van der Waals surface area (Å²) in [6.45, 7) is 9.47. The molecule has 138 valence electrons. The van der Waals surface area contributed by atoms with E-state index in [2.05, 4.69) is 59.6 Å². The van der Waals surface area contributed by atoms with Crippen LogP contribution in [0.4, 0.5) is 0 Å². The van der Waals surface area contributed by atoms with Gasteiger partial charge in [-0.2, -0.15) is 0 Å².